The first-order chi connectivity index (χ1) is 16.2. The van der Waals surface area contributed by atoms with Crippen molar-refractivity contribution < 1.29 is 9.90 Å². The van der Waals surface area contributed by atoms with E-state index in [1.807, 2.05) is 54.6 Å². The highest BCUT2D eigenvalue weighted by Gasteiger charge is 2.35. The first-order valence-corrected chi connectivity index (χ1v) is 13.1. The molecule has 164 valence electrons. The normalized spacial score (nSPS) is 12.8. The van der Waals surface area contributed by atoms with Crippen LogP contribution in [0.3, 0.4) is 0 Å². The summed E-state index contributed by atoms with van der Waals surface area (Å²) in [7, 11) is 0. The molecule has 3 nitrogen and oxygen atoms in total. The molecule has 0 bridgehead atoms. The molecule has 1 heterocycles. The number of hydrogen-bond acceptors (Lipinski definition) is 4. The van der Waals surface area contributed by atoms with Crippen LogP contribution in [0.2, 0.25) is 0 Å². The SMILES string of the molecule is CSc1cccc(-c2ccccc2N2c3ccccc3C(C(=O)O)c3ccccc32)c1SC. The van der Waals surface area contributed by atoms with Crippen molar-refractivity contribution in [2.75, 3.05) is 17.4 Å². The van der Waals surface area contributed by atoms with Gasteiger partial charge in [-0.25, -0.2) is 0 Å². The molecular formula is C28H23NO2S2. The Morgan fingerprint density at radius 2 is 1.24 bits per heavy atom. The Balaban J connectivity index is 1.80. The van der Waals surface area contributed by atoms with Crippen LogP contribution in [-0.2, 0) is 4.79 Å². The first kappa shape index (κ1) is 21.7. The zero-order chi connectivity index (χ0) is 22.9. The Labute approximate surface area is 202 Å². The number of benzene rings is 4. The molecule has 1 aliphatic heterocycles. The number of para-hydroxylation sites is 3. The predicted molar refractivity (Wildman–Crippen MR) is 140 cm³/mol. The summed E-state index contributed by atoms with van der Waals surface area (Å²) in [6, 6.07) is 30.5. The molecule has 0 unspecified atom stereocenters. The standard InChI is InChI=1S/C28H23NO2S2/c1-32-25-17-9-13-19(27(25)33-2)18-10-3-6-14-22(18)29-23-15-7-4-11-20(23)26(28(30)31)21-12-5-8-16-24(21)29/h3-17,26H,1-2H3,(H,30,31). The zero-order valence-electron chi connectivity index (χ0n) is 18.4. The van der Waals surface area contributed by atoms with Gasteiger partial charge in [0.1, 0.15) is 5.92 Å². The average molecular weight is 470 g/mol. The van der Waals surface area contributed by atoms with E-state index >= 15 is 0 Å². The van der Waals surface area contributed by atoms with E-state index in [1.54, 1.807) is 23.5 Å². The van der Waals surface area contributed by atoms with Crippen molar-refractivity contribution >= 4 is 46.6 Å². The van der Waals surface area contributed by atoms with Crippen molar-refractivity contribution in [2.24, 2.45) is 0 Å². The van der Waals surface area contributed by atoms with Gasteiger partial charge in [-0.05, 0) is 53.5 Å². The second-order valence-corrected chi connectivity index (χ2v) is 9.45. The van der Waals surface area contributed by atoms with Crippen LogP contribution >= 0.6 is 23.5 Å². The summed E-state index contributed by atoms with van der Waals surface area (Å²) < 4.78 is 0. The topological polar surface area (TPSA) is 40.5 Å². The molecule has 5 heteroatoms. The number of aliphatic carboxylic acids is 1. The molecular weight excluding hydrogens is 446 g/mol. The molecule has 4 aromatic rings. The molecule has 33 heavy (non-hydrogen) atoms. The fourth-order valence-corrected chi connectivity index (χ4v) is 6.37. The Hall–Kier alpha value is -3.15. The van der Waals surface area contributed by atoms with Crippen LogP contribution in [0.5, 0.6) is 0 Å². The maximum Gasteiger partial charge on any atom is 0.315 e. The highest BCUT2D eigenvalue weighted by Crippen LogP contribution is 2.52. The molecule has 0 atom stereocenters. The van der Waals surface area contributed by atoms with Gasteiger partial charge in [0.25, 0.3) is 0 Å². The zero-order valence-corrected chi connectivity index (χ0v) is 20.0. The molecule has 0 amide bonds. The predicted octanol–water partition coefficient (Wildman–Crippen LogP) is 7.80. The third kappa shape index (κ3) is 3.62. The Kier molecular flexibility index (Phi) is 5.92. The van der Waals surface area contributed by atoms with Crippen LogP contribution in [-0.4, -0.2) is 23.6 Å². The van der Waals surface area contributed by atoms with Crippen molar-refractivity contribution in [3.8, 4) is 11.1 Å². The summed E-state index contributed by atoms with van der Waals surface area (Å²) >= 11 is 3.51. The van der Waals surface area contributed by atoms with E-state index < -0.39 is 11.9 Å². The minimum atomic E-state index is -0.833. The smallest absolute Gasteiger partial charge is 0.315 e. The van der Waals surface area contributed by atoms with Crippen molar-refractivity contribution in [2.45, 2.75) is 15.7 Å². The number of anilines is 3. The lowest BCUT2D eigenvalue weighted by Gasteiger charge is -2.37. The van der Waals surface area contributed by atoms with Crippen LogP contribution in [0.25, 0.3) is 11.1 Å². The maximum absolute atomic E-state index is 12.3. The minimum absolute atomic E-state index is 0.692. The van der Waals surface area contributed by atoms with E-state index in [2.05, 4.69) is 53.8 Å². The van der Waals surface area contributed by atoms with Crippen molar-refractivity contribution in [3.05, 3.63) is 102 Å². The summed E-state index contributed by atoms with van der Waals surface area (Å²) in [4.78, 5) is 17.1. The molecule has 1 aliphatic rings. The van der Waals surface area contributed by atoms with Gasteiger partial charge in [0.15, 0.2) is 0 Å². The van der Waals surface area contributed by atoms with E-state index in [4.69, 9.17) is 0 Å². The van der Waals surface area contributed by atoms with Crippen molar-refractivity contribution in [1.82, 2.24) is 0 Å². The number of carboxylic acid groups (broad SMARTS) is 1. The van der Waals surface area contributed by atoms with Crippen LogP contribution in [0.1, 0.15) is 17.0 Å². The summed E-state index contributed by atoms with van der Waals surface area (Å²) in [5.41, 5.74) is 6.76. The van der Waals surface area contributed by atoms with Gasteiger partial charge in [-0.15, -0.1) is 23.5 Å². The van der Waals surface area contributed by atoms with Gasteiger partial charge in [-0.2, -0.15) is 0 Å². The highest BCUT2D eigenvalue weighted by atomic mass is 32.2. The van der Waals surface area contributed by atoms with E-state index in [0.29, 0.717) is 0 Å². The number of carbonyl (C=O) groups is 1. The number of nitrogens with zero attached hydrogens (tertiary/aromatic N) is 1. The molecule has 5 rings (SSSR count). The van der Waals surface area contributed by atoms with Crippen LogP contribution in [0.4, 0.5) is 17.1 Å². The van der Waals surface area contributed by atoms with E-state index in [-0.39, 0.29) is 0 Å². The van der Waals surface area contributed by atoms with Gasteiger partial charge in [-0.3, -0.25) is 4.79 Å². The lowest BCUT2D eigenvalue weighted by atomic mass is 9.84. The molecule has 0 fully saturated rings. The van der Waals surface area contributed by atoms with Crippen LogP contribution in [0, 0.1) is 0 Å². The molecule has 4 aromatic carbocycles. The van der Waals surface area contributed by atoms with Crippen LogP contribution < -0.4 is 4.90 Å². The van der Waals surface area contributed by atoms with Crippen molar-refractivity contribution in [3.63, 3.8) is 0 Å². The van der Waals surface area contributed by atoms with E-state index in [1.165, 1.54) is 15.4 Å². The lowest BCUT2D eigenvalue weighted by Crippen LogP contribution is -2.26. The first-order valence-electron chi connectivity index (χ1n) is 10.7. The molecule has 0 aliphatic carbocycles. The summed E-state index contributed by atoms with van der Waals surface area (Å²) in [5.74, 6) is -1.53. The fourth-order valence-electron chi connectivity index (χ4n) is 4.69. The summed E-state index contributed by atoms with van der Waals surface area (Å²) in [6.45, 7) is 0. The monoisotopic (exact) mass is 469 g/mol. The maximum atomic E-state index is 12.3. The quantitative estimate of drug-likeness (QED) is 0.302. The number of fused-ring (bicyclic) bond motifs is 2. The van der Waals surface area contributed by atoms with E-state index in [9.17, 15) is 9.90 Å². The molecule has 1 N–H and O–H groups in total. The highest BCUT2D eigenvalue weighted by molar-refractivity contribution is 8.01. The Morgan fingerprint density at radius 3 is 1.82 bits per heavy atom. The van der Waals surface area contributed by atoms with Gasteiger partial charge in [-0.1, -0.05) is 66.7 Å². The van der Waals surface area contributed by atoms with Gasteiger partial charge in [0.05, 0.1) is 17.1 Å². The average Bonchev–Trinajstić information content (AvgIpc) is 2.86. The van der Waals surface area contributed by atoms with Crippen LogP contribution in [0.15, 0.2) is 101 Å². The Bertz CT molecular complexity index is 1300. The second-order valence-electron chi connectivity index (χ2n) is 7.78. The van der Waals surface area contributed by atoms with Gasteiger partial charge in [0, 0.05) is 15.4 Å². The molecule has 0 spiro atoms. The third-order valence-electron chi connectivity index (χ3n) is 6.06. The molecule has 0 saturated carbocycles. The molecule has 0 saturated heterocycles. The summed E-state index contributed by atoms with van der Waals surface area (Å²) in [5, 5.41) is 10.1. The summed E-state index contributed by atoms with van der Waals surface area (Å²) in [6.07, 6.45) is 4.22. The van der Waals surface area contributed by atoms with Crippen molar-refractivity contribution in [1.29, 1.82) is 0 Å². The molecule has 0 aromatic heterocycles. The second kappa shape index (κ2) is 9.00. The lowest BCUT2D eigenvalue weighted by molar-refractivity contribution is -0.137. The largest absolute Gasteiger partial charge is 0.481 e. The number of thioether (sulfide) groups is 2. The Morgan fingerprint density at radius 1 is 0.697 bits per heavy atom. The number of carboxylic acids is 1. The minimum Gasteiger partial charge on any atom is -0.481 e. The van der Waals surface area contributed by atoms with Gasteiger partial charge < -0.3 is 10.0 Å². The third-order valence-corrected chi connectivity index (χ3v) is 7.82. The molecule has 0 radical (unpaired) electrons. The number of hydrogen-bond donors (Lipinski definition) is 1. The van der Waals surface area contributed by atoms with Gasteiger partial charge >= 0.3 is 5.97 Å². The van der Waals surface area contributed by atoms with Gasteiger partial charge in [0.2, 0.25) is 0 Å². The fraction of sp³-hybridized carbons (Fsp3) is 0.107. The van der Waals surface area contributed by atoms with E-state index in [0.717, 1.165) is 33.8 Å². The number of rotatable bonds is 5.